The summed E-state index contributed by atoms with van der Waals surface area (Å²) in [5.74, 6) is 0. The second kappa shape index (κ2) is 3.90. The SMILES string of the molecule is CC(N)(C#N)CCn1cc(Br)cn1. The second-order valence-electron chi connectivity index (χ2n) is 3.20. The maximum Gasteiger partial charge on any atom is 0.103 e. The summed E-state index contributed by atoms with van der Waals surface area (Å²) in [6.45, 7) is 2.37. The summed E-state index contributed by atoms with van der Waals surface area (Å²) in [5, 5.41) is 12.7. The van der Waals surface area contributed by atoms with E-state index in [4.69, 9.17) is 11.0 Å². The van der Waals surface area contributed by atoms with Crippen LogP contribution in [0.2, 0.25) is 0 Å². The lowest BCUT2D eigenvalue weighted by Gasteiger charge is -2.14. The minimum atomic E-state index is -0.765. The van der Waals surface area contributed by atoms with Crippen molar-refractivity contribution in [3.8, 4) is 6.07 Å². The number of nitriles is 1. The largest absolute Gasteiger partial charge is 0.314 e. The topological polar surface area (TPSA) is 67.6 Å². The van der Waals surface area contributed by atoms with Gasteiger partial charge in [-0.2, -0.15) is 10.4 Å². The van der Waals surface area contributed by atoms with Crippen molar-refractivity contribution >= 4 is 15.9 Å². The van der Waals surface area contributed by atoms with E-state index in [0.29, 0.717) is 13.0 Å². The van der Waals surface area contributed by atoms with Crippen LogP contribution in [0.15, 0.2) is 16.9 Å². The summed E-state index contributed by atoms with van der Waals surface area (Å²) in [6, 6.07) is 2.04. The monoisotopic (exact) mass is 242 g/mol. The molecule has 0 spiro atoms. The van der Waals surface area contributed by atoms with E-state index in [9.17, 15) is 0 Å². The standard InChI is InChI=1S/C8H11BrN4/c1-8(11,6-10)2-3-13-5-7(9)4-12-13/h4-5H,2-3,11H2,1H3. The number of hydrogen-bond acceptors (Lipinski definition) is 3. The number of halogens is 1. The summed E-state index contributed by atoms with van der Waals surface area (Å²) >= 11 is 3.29. The highest BCUT2D eigenvalue weighted by Crippen LogP contribution is 2.09. The molecule has 0 radical (unpaired) electrons. The van der Waals surface area contributed by atoms with Gasteiger partial charge in [0, 0.05) is 12.7 Å². The average molecular weight is 243 g/mol. The zero-order valence-corrected chi connectivity index (χ0v) is 8.95. The first-order valence-corrected chi connectivity index (χ1v) is 4.71. The fourth-order valence-corrected chi connectivity index (χ4v) is 1.19. The molecule has 0 saturated heterocycles. The van der Waals surface area contributed by atoms with Crippen LogP contribution in [0, 0.1) is 11.3 Å². The fraction of sp³-hybridized carbons (Fsp3) is 0.500. The third-order valence-corrected chi connectivity index (χ3v) is 2.13. The normalized spacial score (nSPS) is 14.9. The van der Waals surface area contributed by atoms with Crippen molar-refractivity contribution in [2.45, 2.75) is 25.4 Å². The van der Waals surface area contributed by atoms with Crippen molar-refractivity contribution in [2.24, 2.45) is 5.73 Å². The van der Waals surface area contributed by atoms with E-state index in [1.54, 1.807) is 17.8 Å². The maximum atomic E-state index is 8.66. The molecule has 13 heavy (non-hydrogen) atoms. The molecule has 1 unspecified atom stereocenters. The van der Waals surface area contributed by atoms with Gasteiger partial charge in [0.2, 0.25) is 0 Å². The quantitative estimate of drug-likeness (QED) is 0.869. The lowest BCUT2D eigenvalue weighted by molar-refractivity contribution is 0.467. The van der Waals surface area contributed by atoms with Crippen molar-refractivity contribution in [2.75, 3.05) is 0 Å². The number of aromatic nitrogens is 2. The molecule has 0 aliphatic heterocycles. The predicted octanol–water partition coefficient (Wildman–Crippen LogP) is 1.28. The van der Waals surface area contributed by atoms with Crippen LogP contribution in [0.5, 0.6) is 0 Å². The summed E-state index contributed by atoms with van der Waals surface area (Å²) in [6.07, 6.45) is 4.16. The van der Waals surface area contributed by atoms with Crippen molar-refractivity contribution in [3.05, 3.63) is 16.9 Å². The Hall–Kier alpha value is -0.860. The molecule has 0 amide bonds. The lowest BCUT2D eigenvalue weighted by Crippen LogP contribution is -2.35. The van der Waals surface area contributed by atoms with E-state index in [0.717, 1.165) is 4.47 Å². The van der Waals surface area contributed by atoms with Crippen LogP contribution in [0.25, 0.3) is 0 Å². The molecule has 0 bridgehead atoms. The number of rotatable bonds is 3. The molecule has 70 valence electrons. The molecule has 0 aromatic carbocycles. The van der Waals surface area contributed by atoms with Crippen LogP contribution in [0.4, 0.5) is 0 Å². The molecular formula is C8H11BrN4. The van der Waals surface area contributed by atoms with Gasteiger partial charge in [0.25, 0.3) is 0 Å². The van der Waals surface area contributed by atoms with Gasteiger partial charge < -0.3 is 5.73 Å². The summed E-state index contributed by atoms with van der Waals surface area (Å²) in [4.78, 5) is 0. The lowest BCUT2D eigenvalue weighted by atomic mass is 10.0. The number of hydrogen-bond donors (Lipinski definition) is 1. The Labute approximate surface area is 85.5 Å². The minimum Gasteiger partial charge on any atom is -0.314 e. The van der Waals surface area contributed by atoms with Crippen molar-refractivity contribution < 1.29 is 0 Å². The van der Waals surface area contributed by atoms with Gasteiger partial charge in [-0.3, -0.25) is 4.68 Å². The molecule has 0 saturated carbocycles. The molecule has 5 heteroatoms. The highest BCUT2D eigenvalue weighted by Gasteiger charge is 2.16. The minimum absolute atomic E-state index is 0.595. The van der Waals surface area contributed by atoms with Crippen molar-refractivity contribution in [1.29, 1.82) is 5.26 Å². The molecule has 1 rings (SSSR count). The maximum absolute atomic E-state index is 8.66. The molecule has 4 nitrogen and oxygen atoms in total. The van der Waals surface area contributed by atoms with Crippen LogP contribution >= 0.6 is 15.9 Å². The smallest absolute Gasteiger partial charge is 0.103 e. The summed E-state index contributed by atoms with van der Waals surface area (Å²) in [7, 11) is 0. The van der Waals surface area contributed by atoms with E-state index in [1.165, 1.54) is 0 Å². The van der Waals surface area contributed by atoms with E-state index in [1.807, 2.05) is 12.3 Å². The summed E-state index contributed by atoms with van der Waals surface area (Å²) < 4.78 is 2.69. The Bertz CT molecular complexity index is 323. The Morgan fingerprint density at radius 3 is 3.00 bits per heavy atom. The molecule has 1 aromatic heterocycles. The van der Waals surface area contributed by atoms with Crippen LogP contribution in [-0.2, 0) is 6.54 Å². The molecule has 1 heterocycles. The Balaban J connectivity index is 2.49. The van der Waals surface area contributed by atoms with Crippen LogP contribution in [0.1, 0.15) is 13.3 Å². The first-order chi connectivity index (χ1) is 6.03. The molecule has 1 aromatic rings. The molecule has 1 atom stereocenters. The molecule has 0 aliphatic carbocycles. The number of nitrogens with zero attached hydrogens (tertiary/aromatic N) is 3. The third kappa shape index (κ3) is 3.17. The van der Waals surface area contributed by atoms with Gasteiger partial charge in [0.1, 0.15) is 5.54 Å². The number of nitrogens with two attached hydrogens (primary N) is 1. The van der Waals surface area contributed by atoms with Gasteiger partial charge in [-0.25, -0.2) is 0 Å². The van der Waals surface area contributed by atoms with Gasteiger partial charge in [0.15, 0.2) is 0 Å². The molecule has 0 fully saturated rings. The van der Waals surface area contributed by atoms with Crippen LogP contribution in [-0.4, -0.2) is 15.3 Å². The van der Waals surface area contributed by atoms with Crippen LogP contribution in [0.3, 0.4) is 0 Å². The Kier molecular flexibility index (Phi) is 3.07. The number of aryl methyl sites for hydroxylation is 1. The van der Waals surface area contributed by atoms with Gasteiger partial charge in [-0.05, 0) is 29.3 Å². The van der Waals surface area contributed by atoms with E-state index in [2.05, 4.69) is 21.0 Å². The van der Waals surface area contributed by atoms with Crippen molar-refractivity contribution in [3.63, 3.8) is 0 Å². The summed E-state index contributed by atoms with van der Waals surface area (Å²) in [5.41, 5.74) is 4.89. The predicted molar refractivity (Wildman–Crippen MR) is 52.7 cm³/mol. The zero-order chi connectivity index (χ0) is 9.90. The Morgan fingerprint density at radius 1 is 1.85 bits per heavy atom. The van der Waals surface area contributed by atoms with Gasteiger partial charge in [-0.15, -0.1) is 0 Å². The first-order valence-electron chi connectivity index (χ1n) is 3.91. The highest BCUT2D eigenvalue weighted by molar-refractivity contribution is 9.10. The molecule has 0 aliphatic rings. The van der Waals surface area contributed by atoms with E-state index in [-0.39, 0.29) is 0 Å². The first kappa shape index (κ1) is 10.2. The third-order valence-electron chi connectivity index (χ3n) is 1.72. The average Bonchev–Trinajstić information content (AvgIpc) is 2.48. The fourth-order valence-electron chi connectivity index (χ4n) is 0.863. The molecular weight excluding hydrogens is 232 g/mol. The van der Waals surface area contributed by atoms with Gasteiger partial charge >= 0.3 is 0 Å². The Morgan fingerprint density at radius 2 is 2.54 bits per heavy atom. The van der Waals surface area contributed by atoms with Gasteiger partial charge in [-0.1, -0.05) is 0 Å². The van der Waals surface area contributed by atoms with E-state index < -0.39 is 5.54 Å². The zero-order valence-electron chi connectivity index (χ0n) is 7.37. The van der Waals surface area contributed by atoms with Crippen LogP contribution < -0.4 is 5.73 Å². The molecule has 2 N–H and O–H groups in total. The van der Waals surface area contributed by atoms with E-state index >= 15 is 0 Å². The van der Waals surface area contributed by atoms with Crippen molar-refractivity contribution in [1.82, 2.24) is 9.78 Å². The second-order valence-corrected chi connectivity index (χ2v) is 4.12. The highest BCUT2D eigenvalue weighted by atomic mass is 79.9. The van der Waals surface area contributed by atoms with Gasteiger partial charge in [0.05, 0.1) is 16.7 Å².